The van der Waals surface area contributed by atoms with Crippen molar-refractivity contribution >= 4 is 66.1 Å². The molecule has 2 fully saturated rings. The Morgan fingerprint density at radius 3 is 1.49 bits per heavy atom. The Balaban J connectivity index is 0.000000196. The number of nitrogen functional groups attached to an aromatic ring is 2. The van der Waals surface area contributed by atoms with Crippen molar-refractivity contribution in [3.63, 3.8) is 0 Å². The Hall–Kier alpha value is -7.46. The Morgan fingerprint density at radius 1 is 0.633 bits per heavy atom. The SMILES string of the molecule is Nc1cc(F)c(CCN2C(=O)COC2c2cn(-c3ccc(Br)cc3)nc2-c2ccc(F)cc2)c(F)c1N.O=C1COC(c2cn(-c3ccc(Br)cc3)nc2-c2ccc(F)cc2)N1CCc1c(F)cc2n[nH]nc2c1F.O=N[O-].[Na+]. The number of hydrogen-bond acceptors (Lipinski definition) is 13. The molecule has 2 aliphatic heterocycles. The number of rotatable bonds is 12. The summed E-state index contributed by atoms with van der Waals surface area (Å²) in [6.45, 7) is -0.490. The molecule has 5 N–H and O–H groups in total. The van der Waals surface area contributed by atoms with Crippen LogP contribution in [0.3, 0.4) is 0 Å². The third-order valence-electron chi connectivity index (χ3n) is 12.6. The number of fused-ring (bicyclic) bond motifs is 1. The van der Waals surface area contributed by atoms with E-state index in [2.05, 4.69) is 47.3 Å². The Bertz CT molecular complexity index is 3670. The molecular formula is C52H39Br2F6N12NaO6. The predicted octanol–water partition coefficient (Wildman–Crippen LogP) is 7.33. The fourth-order valence-electron chi connectivity index (χ4n) is 8.73. The topological polar surface area (TPSA) is 241 Å². The van der Waals surface area contributed by atoms with Gasteiger partial charge in [0.25, 0.3) is 11.8 Å². The van der Waals surface area contributed by atoms with Crippen LogP contribution in [0.2, 0.25) is 0 Å². The molecule has 2 amide bonds. The van der Waals surface area contributed by atoms with Gasteiger partial charge in [-0.3, -0.25) is 9.59 Å². The molecule has 2 atom stereocenters. The van der Waals surface area contributed by atoms with Crippen LogP contribution in [-0.2, 0) is 31.9 Å². The van der Waals surface area contributed by atoms with Crippen molar-refractivity contribution in [1.82, 2.24) is 44.8 Å². The molecule has 0 radical (unpaired) electrons. The molecule has 27 heteroatoms. The molecule has 5 heterocycles. The normalized spacial score (nSPS) is 14.9. The monoisotopic (exact) mass is 1220 g/mol. The van der Waals surface area contributed by atoms with E-state index >= 15 is 0 Å². The quantitative estimate of drug-likeness (QED) is 0.0358. The third-order valence-corrected chi connectivity index (χ3v) is 13.6. The molecule has 0 bridgehead atoms. The number of amides is 2. The summed E-state index contributed by atoms with van der Waals surface area (Å²) in [7, 11) is 0. The number of hydrogen-bond donors (Lipinski definition) is 3. The van der Waals surface area contributed by atoms with Crippen molar-refractivity contribution in [1.29, 1.82) is 0 Å². The van der Waals surface area contributed by atoms with E-state index in [0.717, 1.165) is 37.8 Å². The molecular weight excluding hydrogens is 1190 g/mol. The molecule has 0 aliphatic carbocycles. The molecule has 2 unspecified atom stereocenters. The van der Waals surface area contributed by atoms with Crippen LogP contribution >= 0.6 is 31.9 Å². The minimum Gasteiger partial charge on any atom is -0.444 e. The molecule has 400 valence electrons. The van der Waals surface area contributed by atoms with E-state index in [-0.39, 0.29) is 114 Å². The van der Waals surface area contributed by atoms with Gasteiger partial charge in [0.15, 0.2) is 24.1 Å². The average molecular weight is 1220 g/mol. The zero-order valence-corrected chi connectivity index (χ0v) is 46.3. The van der Waals surface area contributed by atoms with Crippen LogP contribution < -0.4 is 41.0 Å². The summed E-state index contributed by atoms with van der Waals surface area (Å²) in [6, 6.07) is 28.5. The largest absolute Gasteiger partial charge is 1.00 e. The summed E-state index contributed by atoms with van der Waals surface area (Å²) in [5.41, 5.74) is 15.0. The zero-order valence-electron chi connectivity index (χ0n) is 41.1. The molecule has 9 aromatic rings. The van der Waals surface area contributed by atoms with Gasteiger partial charge in [-0.2, -0.15) is 25.6 Å². The number of benzene rings is 6. The number of nitrogens with two attached hydrogens (primary N) is 2. The minimum atomic E-state index is -0.948. The van der Waals surface area contributed by atoms with Crippen molar-refractivity contribution < 1.29 is 75.0 Å². The first kappa shape index (κ1) is 57.7. The van der Waals surface area contributed by atoms with Gasteiger partial charge in [-0.05, 0) is 116 Å². The van der Waals surface area contributed by atoms with E-state index in [9.17, 15) is 35.9 Å². The van der Waals surface area contributed by atoms with Gasteiger partial charge in [0, 0.05) is 73.9 Å². The summed E-state index contributed by atoms with van der Waals surface area (Å²) < 4.78 is 103. The molecule has 2 aliphatic rings. The van der Waals surface area contributed by atoms with Crippen LogP contribution in [0.1, 0.15) is 34.7 Å². The van der Waals surface area contributed by atoms with Crippen molar-refractivity contribution in [2.24, 2.45) is 5.34 Å². The standard InChI is InChI=1S/C26H18BrF3N6O2.C26H21BrF3N5O2.HNO2.Na/c27-15-3-7-17(8-4-15)36-12-19(24(33-36)14-1-5-16(28)6-2-14)26-35(22(37)13-38-26)10-9-18-20(29)11-21-25(23(18)30)32-34-31-21;27-15-3-7-17(8-4-15)35-12-19(25(33-35)14-1-5-16(28)6-2-14)26-34(22(36)13-37-26)10-9-18-20(29)11-21(31)24(32)23(18)30;2-1-3;/h1-8,11-12,26H,9-10,13H2,(H,31,32,34);1-8,11-12,26H,9-10,13,31-32H2;(H,2,3);/q;;;+1/p-1. The van der Waals surface area contributed by atoms with Gasteiger partial charge >= 0.3 is 29.6 Å². The maximum Gasteiger partial charge on any atom is 1.00 e. The summed E-state index contributed by atoms with van der Waals surface area (Å²) in [6.07, 6.45) is 1.45. The number of anilines is 2. The van der Waals surface area contributed by atoms with Crippen LogP contribution in [0.25, 0.3) is 44.9 Å². The smallest absolute Gasteiger partial charge is 0.444 e. The minimum absolute atomic E-state index is 0. The number of aromatic amines is 1. The molecule has 2 saturated heterocycles. The summed E-state index contributed by atoms with van der Waals surface area (Å²) >= 11 is 6.82. The number of nitrogens with zero attached hydrogens (tertiary/aromatic N) is 9. The van der Waals surface area contributed by atoms with Crippen LogP contribution in [-0.4, -0.2) is 82.9 Å². The first-order chi connectivity index (χ1) is 37.5. The number of ether oxygens (including phenoxy) is 2. The van der Waals surface area contributed by atoms with Crippen molar-refractivity contribution in [2.45, 2.75) is 25.3 Å². The predicted molar refractivity (Wildman–Crippen MR) is 280 cm³/mol. The summed E-state index contributed by atoms with van der Waals surface area (Å²) in [5, 5.41) is 28.2. The maximum absolute atomic E-state index is 14.9. The van der Waals surface area contributed by atoms with Gasteiger partial charge < -0.3 is 40.9 Å². The van der Waals surface area contributed by atoms with Gasteiger partial charge in [-0.1, -0.05) is 31.9 Å². The van der Waals surface area contributed by atoms with Gasteiger partial charge in [-0.25, -0.2) is 35.7 Å². The van der Waals surface area contributed by atoms with E-state index in [0.29, 0.717) is 33.6 Å². The number of carbonyl (C=O) groups is 2. The number of nitrogens with one attached hydrogen (secondary N) is 1. The molecule has 0 saturated carbocycles. The van der Waals surface area contributed by atoms with Gasteiger partial charge in [0.2, 0.25) is 0 Å². The van der Waals surface area contributed by atoms with E-state index in [1.54, 1.807) is 46.0 Å². The fourth-order valence-corrected chi connectivity index (χ4v) is 9.26. The van der Waals surface area contributed by atoms with Crippen molar-refractivity contribution in [3.8, 4) is 33.9 Å². The second-order valence-corrected chi connectivity index (χ2v) is 19.1. The van der Waals surface area contributed by atoms with E-state index in [1.165, 1.54) is 34.1 Å². The zero-order chi connectivity index (χ0) is 55.4. The van der Waals surface area contributed by atoms with E-state index in [4.69, 9.17) is 41.3 Å². The number of halogens is 8. The van der Waals surface area contributed by atoms with Crippen LogP contribution in [0.4, 0.5) is 37.7 Å². The molecule has 0 spiro atoms. The van der Waals surface area contributed by atoms with Gasteiger partial charge in [-0.15, -0.1) is 5.34 Å². The van der Waals surface area contributed by atoms with Crippen LogP contribution in [0.15, 0.2) is 136 Å². The van der Waals surface area contributed by atoms with Crippen molar-refractivity contribution in [3.05, 3.63) is 198 Å². The molecule has 6 aromatic carbocycles. The Morgan fingerprint density at radius 2 is 1.05 bits per heavy atom. The first-order valence-electron chi connectivity index (χ1n) is 23.2. The Labute approximate surface area is 482 Å². The second kappa shape index (κ2) is 25.1. The maximum atomic E-state index is 14.9. The fraction of sp³-hybridized carbons (Fsp3) is 0.154. The molecule has 11 rings (SSSR count). The van der Waals surface area contributed by atoms with Gasteiger partial charge in [0.1, 0.15) is 58.9 Å². The number of aromatic nitrogens is 7. The van der Waals surface area contributed by atoms with Gasteiger partial charge in [0.05, 0.1) is 22.7 Å². The summed E-state index contributed by atoms with van der Waals surface area (Å²) in [5.74, 6) is -4.88. The number of H-pyrrole nitrogens is 1. The van der Waals surface area contributed by atoms with Crippen LogP contribution in [0.5, 0.6) is 0 Å². The molecule has 18 nitrogen and oxygen atoms in total. The average Bonchev–Trinajstić information content (AvgIpc) is 4.49. The van der Waals surface area contributed by atoms with E-state index < -0.39 is 47.4 Å². The summed E-state index contributed by atoms with van der Waals surface area (Å²) in [4.78, 5) is 36.4. The van der Waals surface area contributed by atoms with Crippen LogP contribution in [0, 0.1) is 45.0 Å². The Kier molecular flexibility index (Phi) is 18.3. The molecule has 3 aromatic heterocycles. The number of carbonyl (C=O) groups excluding carboxylic acids is 2. The van der Waals surface area contributed by atoms with Crippen molar-refractivity contribution in [2.75, 3.05) is 37.8 Å². The molecule has 79 heavy (non-hydrogen) atoms. The van der Waals surface area contributed by atoms with E-state index in [1.807, 2.05) is 48.5 Å². The second-order valence-electron chi connectivity index (χ2n) is 17.3. The first-order valence-corrected chi connectivity index (χ1v) is 24.8. The third kappa shape index (κ3) is 12.5.